The van der Waals surface area contributed by atoms with Crippen molar-refractivity contribution in [3.8, 4) is 0 Å². The van der Waals surface area contributed by atoms with Gasteiger partial charge in [0.25, 0.3) is 0 Å². The molecule has 0 bridgehead atoms. The second-order valence-electron chi connectivity index (χ2n) is 3.01. The van der Waals surface area contributed by atoms with Gasteiger partial charge in [-0.2, -0.15) is 0 Å². The van der Waals surface area contributed by atoms with E-state index in [-0.39, 0.29) is 0 Å². The molecule has 1 aliphatic rings. The zero-order valence-corrected chi connectivity index (χ0v) is 7.06. The molecule has 1 N–H and O–H groups in total. The molecule has 0 amide bonds. The Hall–Kier alpha value is -0.0800. The number of likely N-dealkylation sites (tertiary alicyclic amines) is 1. The van der Waals surface area contributed by atoms with Crippen LogP contribution in [0.15, 0.2) is 0 Å². The lowest BCUT2D eigenvalue weighted by Crippen LogP contribution is -2.57. The van der Waals surface area contributed by atoms with Crippen molar-refractivity contribution >= 4 is 0 Å². The summed E-state index contributed by atoms with van der Waals surface area (Å²) in [6, 6.07) is 0.788. The van der Waals surface area contributed by atoms with Crippen LogP contribution in [0.4, 0.5) is 0 Å². The Morgan fingerprint density at radius 2 is 2.10 bits per heavy atom. The summed E-state index contributed by atoms with van der Waals surface area (Å²) in [5.41, 5.74) is 0. The number of nitrogens with one attached hydrogen (secondary N) is 1. The van der Waals surface area contributed by atoms with Crippen molar-refractivity contribution in [2.45, 2.75) is 26.3 Å². The van der Waals surface area contributed by atoms with Crippen molar-refractivity contribution in [2.24, 2.45) is 0 Å². The molecule has 0 spiro atoms. The van der Waals surface area contributed by atoms with E-state index in [4.69, 9.17) is 0 Å². The summed E-state index contributed by atoms with van der Waals surface area (Å²) in [6.45, 7) is 9.33. The first-order valence-corrected chi connectivity index (χ1v) is 4.32. The molecule has 0 saturated carbocycles. The van der Waals surface area contributed by atoms with Gasteiger partial charge in [-0.15, -0.1) is 0 Å². The summed E-state index contributed by atoms with van der Waals surface area (Å²) in [7, 11) is 0. The highest BCUT2D eigenvalue weighted by Crippen LogP contribution is 2.06. The average Bonchev–Trinajstić information content (AvgIpc) is 1.84. The molecule has 0 unspecified atom stereocenters. The van der Waals surface area contributed by atoms with Crippen LogP contribution < -0.4 is 5.32 Å². The second-order valence-corrected chi connectivity index (χ2v) is 3.01. The second kappa shape index (κ2) is 3.94. The van der Waals surface area contributed by atoms with Crippen molar-refractivity contribution in [3.05, 3.63) is 0 Å². The monoisotopic (exact) mass is 142 g/mol. The van der Waals surface area contributed by atoms with Crippen LogP contribution >= 0.6 is 0 Å². The van der Waals surface area contributed by atoms with Crippen LogP contribution in [-0.2, 0) is 0 Å². The van der Waals surface area contributed by atoms with E-state index in [1.165, 1.54) is 26.1 Å². The third kappa shape index (κ3) is 1.96. The SMILES string of the molecule is CCCN1CC(NCC)C1. The van der Waals surface area contributed by atoms with Gasteiger partial charge in [0.1, 0.15) is 0 Å². The molecule has 0 aromatic carbocycles. The Morgan fingerprint density at radius 3 is 2.60 bits per heavy atom. The standard InChI is InChI=1S/C8H18N2/c1-3-5-10-6-8(7-10)9-4-2/h8-9H,3-7H2,1-2H3. The third-order valence-electron chi connectivity index (χ3n) is 1.99. The van der Waals surface area contributed by atoms with Crippen molar-refractivity contribution in [1.29, 1.82) is 0 Å². The molecule has 1 saturated heterocycles. The van der Waals surface area contributed by atoms with Gasteiger partial charge in [0.05, 0.1) is 0 Å². The first-order chi connectivity index (χ1) is 4.86. The normalized spacial score (nSPS) is 21.0. The van der Waals surface area contributed by atoms with Crippen LogP contribution in [0.1, 0.15) is 20.3 Å². The zero-order chi connectivity index (χ0) is 7.40. The van der Waals surface area contributed by atoms with Crippen LogP contribution in [0.3, 0.4) is 0 Å². The Labute approximate surface area is 63.6 Å². The minimum atomic E-state index is 0.788. The van der Waals surface area contributed by atoms with Crippen LogP contribution in [-0.4, -0.2) is 37.1 Å². The van der Waals surface area contributed by atoms with Gasteiger partial charge in [0.2, 0.25) is 0 Å². The maximum absolute atomic E-state index is 3.43. The van der Waals surface area contributed by atoms with Gasteiger partial charge in [-0.3, -0.25) is 0 Å². The summed E-state index contributed by atoms with van der Waals surface area (Å²) >= 11 is 0. The van der Waals surface area contributed by atoms with Crippen molar-refractivity contribution in [3.63, 3.8) is 0 Å². The highest BCUT2D eigenvalue weighted by molar-refractivity contribution is 4.84. The van der Waals surface area contributed by atoms with E-state index in [1.807, 2.05) is 0 Å². The van der Waals surface area contributed by atoms with Crippen LogP contribution in [0, 0.1) is 0 Å². The molecule has 0 aliphatic carbocycles. The summed E-state index contributed by atoms with van der Waals surface area (Å²) in [6.07, 6.45) is 1.29. The molecule has 1 fully saturated rings. The number of hydrogen-bond donors (Lipinski definition) is 1. The molecule has 0 aromatic rings. The van der Waals surface area contributed by atoms with E-state index in [2.05, 4.69) is 24.1 Å². The van der Waals surface area contributed by atoms with E-state index in [0.29, 0.717) is 0 Å². The van der Waals surface area contributed by atoms with Gasteiger partial charge in [0.15, 0.2) is 0 Å². The number of hydrogen-bond acceptors (Lipinski definition) is 2. The largest absolute Gasteiger partial charge is 0.312 e. The molecule has 2 heteroatoms. The van der Waals surface area contributed by atoms with Gasteiger partial charge in [-0.25, -0.2) is 0 Å². The Kier molecular flexibility index (Phi) is 3.16. The number of rotatable bonds is 4. The average molecular weight is 142 g/mol. The molecule has 2 nitrogen and oxygen atoms in total. The molecule has 1 heterocycles. The summed E-state index contributed by atoms with van der Waals surface area (Å²) in [5.74, 6) is 0. The van der Waals surface area contributed by atoms with Gasteiger partial charge in [0, 0.05) is 19.1 Å². The third-order valence-corrected chi connectivity index (χ3v) is 1.99. The molecule has 0 atom stereocenters. The molecule has 0 radical (unpaired) electrons. The quantitative estimate of drug-likeness (QED) is 0.621. The van der Waals surface area contributed by atoms with E-state index in [9.17, 15) is 0 Å². The fourth-order valence-electron chi connectivity index (χ4n) is 1.49. The lowest BCUT2D eigenvalue weighted by atomic mass is 10.1. The molecule has 60 valence electrons. The maximum atomic E-state index is 3.43. The van der Waals surface area contributed by atoms with E-state index < -0.39 is 0 Å². The summed E-state index contributed by atoms with van der Waals surface area (Å²) in [5, 5.41) is 3.43. The highest BCUT2D eigenvalue weighted by atomic mass is 15.2. The molecule has 10 heavy (non-hydrogen) atoms. The molecule has 0 aromatic heterocycles. The van der Waals surface area contributed by atoms with Gasteiger partial charge in [-0.05, 0) is 19.5 Å². The molecule has 1 rings (SSSR count). The zero-order valence-electron chi connectivity index (χ0n) is 7.06. The fourth-order valence-corrected chi connectivity index (χ4v) is 1.49. The van der Waals surface area contributed by atoms with Crippen molar-refractivity contribution in [2.75, 3.05) is 26.2 Å². The van der Waals surface area contributed by atoms with Crippen LogP contribution in [0.25, 0.3) is 0 Å². The van der Waals surface area contributed by atoms with Crippen molar-refractivity contribution in [1.82, 2.24) is 10.2 Å². The predicted octanol–water partition coefficient (Wildman–Crippen LogP) is 0.690. The van der Waals surface area contributed by atoms with Gasteiger partial charge < -0.3 is 10.2 Å². The Balaban J connectivity index is 1.95. The van der Waals surface area contributed by atoms with Gasteiger partial charge in [-0.1, -0.05) is 13.8 Å². The first-order valence-electron chi connectivity index (χ1n) is 4.32. The topological polar surface area (TPSA) is 15.3 Å². The minimum Gasteiger partial charge on any atom is -0.312 e. The van der Waals surface area contributed by atoms with E-state index in [0.717, 1.165) is 12.6 Å². The Morgan fingerprint density at radius 1 is 1.40 bits per heavy atom. The number of nitrogens with zero attached hydrogens (tertiary/aromatic N) is 1. The van der Waals surface area contributed by atoms with E-state index in [1.54, 1.807) is 0 Å². The van der Waals surface area contributed by atoms with Crippen LogP contribution in [0.2, 0.25) is 0 Å². The number of likely N-dealkylation sites (N-methyl/N-ethyl adjacent to an activating group) is 1. The van der Waals surface area contributed by atoms with E-state index >= 15 is 0 Å². The highest BCUT2D eigenvalue weighted by Gasteiger charge is 2.23. The first kappa shape index (κ1) is 8.02. The minimum absolute atomic E-state index is 0.788. The molecule has 1 aliphatic heterocycles. The smallest absolute Gasteiger partial charge is 0.0322 e. The molecular weight excluding hydrogens is 124 g/mol. The lowest BCUT2D eigenvalue weighted by molar-refractivity contribution is 0.128. The molecular formula is C8H18N2. The van der Waals surface area contributed by atoms with Crippen LogP contribution in [0.5, 0.6) is 0 Å². The predicted molar refractivity (Wildman–Crippen MR) is 44.2 cm³/mol. The van der Waals surface area contributed by atoms with Gasteiger partial charge >= 0.3 is 0 Å². The summed E-state index contributed by atoms with van der Waals surface area (Å²) < 4.78 is 0. The maximum Gasteiger partial charge on any atom is 0.0322 e. The summed E-state index contributed by atoms with van der Waals surface area (Å²) in [4.78, 5) is 2.49. The Bertz CT molecular complexity index is 77.3. The fraction of sp³-hybridized carbons (Fsp3) is 1.00. The van der Waals surface area contributed by atoms with Crippen molar-refractivity contribution < 1.29 is 0 Å². The lowest BCUT2D eigenvalue weighted by Gasteiger charge is -2.39.